The van der Waals surface area contributed by atoms with Crippen LogP contribution in [0.4, 0.5) is 11.5 Å². The predicted octanol–water partition coefficient (Wildman–Crippen LogP) is 5.73. The topological polar surface area (TPSA) is 58.0 Å². The van der Waals surface area contributed by atoms with Gasteiger partial charge in [0.25, 0.3) is 0 Å². The summed E-state index contributed by atoms with van der Waals surface area (Å²) in [5.41, 5.74) is 5.22. The molecule has 0 aliphatic carbocycles. The molecule has 2 heterocycles. The minimum absolute atomic E-state index is 0.200. The lowest BCUT2D eigenvalue weighted by Crippen LogP contribution is -1.96. The Labute approximate surface area is 156 Å². The largest absolute Gasteiger partial charge is 0.506 e. The van der Waals surface area contributed by atoms with Crippen molar-refractivity contribution in [3.05, 3.63) is 64.8 Å². The Morgan fingerprint density at radius 3 is 2.42 bits per heavy atom. The Balaban J connectivity index is 1.90. The van der Waals surface area contributed by atoms with Gasteiger partial charge in [0.2, 0.25) is 0 Å². The van der Waals surface area contributed by atoms with Gasteiger partial charge in [0, 0.05) is 10.4 Å². The van der Waals surface area contributed by atoms with Crippen molar-refractivity contribution in [3.8, 4) is 16.9 Å². The number of hydrogen-bond acceptors (Lipinski definition) is 5. The Bertz CT molecular complexity index is 1100. The molecule has 2 aromatic carbocycles. The molecule has 0 saturated heterocycles. The van der Waals surface area contributed by atoms with Crippen LogP contribution in [0, 0.1) is 20.8 Å². The van der Waals surface area contributed by atoms with E-state index in [-0.39, 0.29) is 5.75 Å². The zero-order valence-corrected chi connectivity index (χ0v) is 15.7. The van der Waals surface area contributed by atoms with Crippen LogP contribution in [0.5, 0.6) is 5.75 Å². The normalized spacial score (nSPS) is 11.0. The van der Waals surface area contributed by atoms with Crippen LogP contribution in [0.2, 0.25) is 0 Å². The molecule has 0 unspecified atom stereocenters. The monoisotopic (exact) mass is 361 g/mol. The molecule has 0 radical (unpaired) electrons. The van der Waals surface area contributed by atoms with E-state index >= 15 is 0 Å². The molecule has 0 spiro atoms. The van der Waals surface area contributed by atoms with Crippen LogP contribution in [-0.2, 0) is 0 Å². The van der Waals surface area contributed by atoms with Crippen LogP contribution in [0.25, 0.3) is 21.3 Å². The lowest BCUT2D eigenvalue weighted by molar-refractivity contribution is 0.477. The van der Waals surface area contributed by atoms with E-state index in [1.54, 1.807) is 23.7 Å². The number of aryl methyl sites for hydroxylation is 3. The van der Waals surface area contributed by atoms with Crippen molar-refractivity contribution in [2.45, 2.75) is 20.8 Å². The van der Waals surface area contributed by atoms with Gasteiger partial charge in [-0.2, -0.15) is 0 Å². The van der Waals surface area contributed by atoms with E-state index in [1.165, 1.54) is 10.4 Å². The molecule has 4 nitrogen and oxygen atoms in total. The Morgan fingerprint density at radius 2 is 1.65 bits per heavy atom. The van der Waals surface area contributed by atoms with E-state index in [1.807, 2.05) is 19.1 Å². The maximum atomic E-state index is 10.2. The van der Waals surface area contributed by atoms with Crippen molar-refractivity contribution in [2.75, 3.05) is 5.32 Å². The van der Waals surface area contributed by atoms with Gasteiger partial charge in [0.05, 0.1) is 11.1 Å². The number of rotatable bonds is 3. The number of benzene rings is 2. The fourth-order valence-electron chi connectivity index (χ4n) is 3.08. The zero-order chi connectivity index (χ0) is 18.3. The number of phenolic OH excluding ortho intramolecular Hbond substituents is 1. The summed E-state index contributed by atoms with van der Waals surface area (Å²) in [6, 6.07) is 14.0. The number of thiophene rings is 1. The fourth-order valence-corrected chi connectivity index (χ4v) is 4.10. The van der Waals surface area contributed by atoms with Gasteiger partial charge in [-0.1, -0.05) is 35.9 Å². The summed E-state index contributed by atoms with van der Waals surface area (Å²) in [5, 5.41) is 14.5. The number of anilines is 2. The smallest absolute Gasteiger partial charge is 0.143 e. The molecule has 0 aliphatic heterocycles. The van der Waals surface area contributed by atoms with Crippen LogP contribution in [0.1, 0.15) is 16.0 Å². The predicted molar refractivity (Wildman–Crippen MR) is 108 cm³/mol. The summed E-state index contributed by atoms with van der Waals surface area (Å²) in [4.78, 5) is 11.0. The SMILES string of the molecule is Cc1ccc(-c2c(C)sc3ncnc(Nc4cc(C)ccc4O)c23)cc1. The third-order valence-corrected chi connectivity index (χ3v) is 5.42. The molecular formula is C21H19N3OS. The van der Waals surface area contributed by atoms with Gasteiger partial charge in [-0.15, -0.1) is 11.3 Å². The highest BCUT2D eigenvalue weighted by atomic mass is 32.1. The average Bonchev–Trinajstić information content (AvgIpc) is 2.96. The minimum Gasteiger partial charge on any atom is -0.506 e. The average molecular weight is 361 g/mol. The molecule has 4 aromatic rings. The van der Waals surface area contributed by atoms with E-state index in [0.717, 1.165) is 26.9 Å². The molecular weight excluding hydrogens is 342 g/mol. The van der Waals surface area contributed by atoms with Crippen molar-refractivity contribution in [2.24, 2.45) is 0 Å². The van der Waals surface area contributed by atoms with E-state index in [4.69, 9.17) is 0 Å². The molecule has 2 N–H and O–H groups in total. The summed E-state index contributed by atoms with van der Waals surface area (Å²) in [7, 11) is 0. The van der Waals surface area contributed by atoms with Gasteiger partial charge >= 0.3 is 0 Å². The zero-order valence-electron chi connectivity index (χ0n) is 14.9. The van der Waals surface area contributed by atoms with E-state index in [2.05, 4.69) is 53.4 Å². The maximum Gasteiger partial charge on any atom is 0.143 e. The quantitative estimate of drug-likeness (QED) is 0.457. The van der Waals surface area contributed by atoms with Crippen molar-refractivity contribution < 1.29 is 5.11 Å². The van der Waals surface area contributed by atoms with Crippen molar-refractivity contribution in [3.63, 3.8) is 0 Å². The highest BCUT2D eigenvalue weighted by Gasteiger charge is 2.17. The molecule has 0 aliphatic rings. The molecule has 26 heavy (non-hydrogen) atoms. The molecule has 130 valence electrons. The second-order valence-electron chi connectivity index (χ2n) is 6.45. The molecule has 0 atom stereocenters. The third-order valence-electron chi connectivity index (χ3n) is 4.41. The van der Waals surface area contributed by atoms with Crippen LogP contribution in [0.15, 0.2) is 48.8 Å². The third kappa shape index (κ3) is 2.91. The summed E-state index contributed by atoms with van der Waals surface area (Å²) < 4.78 is 0. The second-order valence-corrected chi connectivity index (χ2v) is 7.65. The van der Waals surface area contributed by atoms with Gasteiger partial charge in [-0.05, 0) is 44.0 Å². The van der Waals surface area contributed by atoms with E-state index in [0.29, 0.717) is 11.5 Å². The number of phenols is 1. The second kappa shape index (κ2) is 6.42. The molecule has 4 rings (SSSR count). The van der Waals surface area contributed by atoms with Crippen LogP contribution in [-0.4, -0.2) is 15.1 Å². The van der Waals surface area contributed by atoms with Gasteiger partial charge in [-0.25, -0.2) is 9.97 Å². The van der Waals surface area contributed by atoms with Gasteiger partial charge in [-0.3, -0.25) is 0 Å². The molecule has 0 amide bonds. The first-order chi connectivity index (χ1) is 12.5. The number of nitrogens with one attached hydrogen (secondary N) is 1. The minimum atomic E-state index is 0.200. The van der Waals surface area contributed by atoms with Crippen molar-refractivity contribution >= 4 is 33.1 Å². The number of fused-ring (bicyclic) bond motifs is 1. The van der Waals surface area contributed by atoms with E-state index in [9.17, 15) is 5.11 Å². The fraction of sp³-hybridized carbons (Fsp3) is 0.143. The lowest BCUT2D eigenvalue weighted by atomic mass is 10.0. The van der Waals surface area contributed by atoms with Crippen molar-refractivity contribution in [1.29, 1.82) is 0 Å². The standard InChI is InChI=1S/C21H19N3OS/c1-12-4-7-15(8-5-12)18-14(3)26-21-19(18)20(22-11-23-21)24-16-10-13(2)6-9-17(16)25/h4-11,25H,1-3H3,(H,22,23,24). The van der Waals surface area contributed by atoms with E-state index < -0.39 is 0 Å². The molecule has 5 heteroatoms. The van der Waals surface area contributed by atoms with Crippen LogP contribution < -0.4 is 5.32 Å². The van der Waals surface area contributed by atoms with Gasteiger partial charge < -0.3 is 10.4 Å². The summed E-state index contributed by atoms with van der Waals surface area (Å²) in [5.74, 6) is 0.905. The first kappa shape index (κ1) is 16.5. The molecule has 2 aromatic heterocycles. The van der Waals surface area contributed by atoms with Crippen molar-refractivity contribution in [1.82, 2.24) is 9.97 Å². The molecule has 0 fully saturated rings. The lowest BCUT2D eigenvalue weighted by Gasteiger charge is -2.11. The van der Waals surface area contributed by atoms with Gasteiger partial charge in [0.15, 0.2) is 0 Å². The summed E-state index contributed by atoms with van der Waals surface area (Å²) in [6.45, 7) is 6.18. The first-order valence-corrected chi connectivity index (χ1v) is 9.22. The van der Waals surface area contributed by atoms with Crippen LogP contribution >= 0.6 is 11.3 Å². The van der Waals surface area contributed by atoms with Gasteiger partial charge in [0.1, 0.15) is 22.7 Å². The highest BCUT2D eigenvalue weighted by Crippen LogP contribution is 2.41. The number of nitrogens with zero attached hydrogens (tertiary/aromatic N) is 2. The molecule has 0 saturated carbocycles. The Kier molecular flexibility index (Phi) is 4.09. The number of aromatic nitrogens is 2. The summed E-state index contributed by atoms with van der Waals surface area (Å²) in [6.07, 6.45) is 1.56. The highest BCUT2D eigenvalue weighted by molar-refractivity contribution is 7.19. The maximum absolute atomic E-state index is 10.2. The molecule has 0 bridgehead atoms. The Morgan fingerprint density at radius 1 is 0.923 bits per heavy atom. The summed E-state index contributed by atoms with van der Waals surface area (Å²) >= 11 is 1.66. The first-order valence-electron chi connectivity index (χ1n) is 8.40. The number of aromatic hydroxyl groups is 1. The van der Waals surface area contributed by atoms with Crippen LogP contribution in [0.3, 0.4) is 0 Å². The number of hydrogen-bond donors (Lipinski definition) is 2. The Hall–Kier alpha value is -2.92.